The molecule has 4 unspecified atom stereocenters. The van der Waals surface area contributed by atoms with E-state index in [4.69, 9.17) is 5.73 Å². The van der Waals surface area contributed by atoms with E-state index in [1.165, 1.54) is 18.4 Å². The van der Waals surface area contributed by atoms with E-state index in [1.54, 1.807) is 4.90 Å². The fourth-order valence-electron chi connectivity index (χ4n) is 3.82. The minimum atomic E-state index is 0.0325. The van der Waals surface area contributed by atoms with Crippen LogP contribution in [0.15, 0.2) is 24.3 Å². The zero-order valence-electron chi connectivity index (χ0n) is 11.7. The fourth-order valence-corrected chi connectivity index (χ4v) is 3.82. The van der Waals surface area contributed by atoms with Gasteiger partial charge in [0.15, 0.2) is 0 Å². The number of hydrogen-bond donors (Lipinski definition) is 1. The van der Waals surface area contributed by atoms with Gasteiger partial charge in [-0.3, -0.25) is 4.79 Å². The van der Waals surface area contributed by atoms with Gasteiger partial charge in [0, 0.05) is 18.8 Å². The van der Waals surface area contributed by atoms with Crippen LogP contribution in [0.3, 0.4) is 0 Å². The van der Waals surface area contributed by atoms with Crippen LogP contribution in [0.25, 0.3) is 0 Å². The molecule has 1 aromatic rings. The van der Waals surface area contributed by atoms with Crippen LogP contribution in [0, 0.1) is 24.7 Å². The average Bonchev–Trinajstić information content (AvgIpc) is 2.99. The van der Waals surface area contributed by atoms with Crippen molar-refractivity contribution in [2.75, 3.05) is 11.9 Å². The third kappa shape index (κ3) is 2.06. The third-order valence-electron chi connectivity index (χ3n) is 5.02. The molecule has 4 atom stereocenters. The second kappa shape index (κ2) is 4.64. The van der Waals surface area contributed by atoms with Gasteiger partial charge in [0.1, 0.15) is 0 Å². The summed E-state index contributed by atoms with van der Waals surface area (Å²) in [5.74, 6) is 1.32. The molecule has 2 N–H and O–H groups in total. The van der Waals surface area contributed by atoms with Gasteiger partial charge in [-0.15, -0.1) is 0 Å². The van der Waals surface area contributed by atoms with Crippen LogP contribution in [-0.2, 0) is 4.79 Å². The van der Waals surface area contributed by atoms with Crippen molar-refractivity contribution in [3.05, 3.63) is 29.8 Å². The van der Waals surface area contributed by atoms with Crippen molar-refractivity contribution in [1.29, 1.82) is 0 Å². The van der Waals surface area contributed by atoms with Gasteiger partial charge in [-0.05, 0) is 50.2 Å². The largest absolute Gasteiger partial charge is 0.327 e. The molecule has 1 aromatic carbocycles. The summed E-state index contributed by atoms with van der Waals surface area (Å²) in [5, 5.41) is 0. The standard InChI is InChI=1S/C16H22N2O/c1-10-3-7-13(8-4-10)18(2)16(19)14-11-5-6-12(9-11)15(14)17/h3-4,7-8,11-12,14-15H,5-6,9,17H2,1-2H3. The summed E-state index contributed by atoms with van der Waals surface area (Å²) in [5.41, 5.74) is 8.43. The number of hydrogen-bond acceptors (Lipinski definition) is 2. The molecule has 19 heavy (non-hydrogen) atoms. The molecule has 2 fully saturated rings. The van der Waals surface area contributed by atoms with Gasteiger partial charge in [-0.2, -0.15) is 0 Å². The van der Waals surface area contributed by atoms with Crippen LogP contribution in [0.2, 0.25) is 0 Å². The first-order valence-corrected chi connectivity index (χ1v) is 7.17. The molecular weight excluding hydrogens is 236 g/mol. The van der Waals surface area contributed by atoms with E-state index in [9.17, 15) is 4.79 Å². The van der Waals surface area contributed by atoms with Crippen LogP contribution in [0.1, 0.15) is 24.8 Å². The van der Waals surface area contributed by atoms with Crippen LogP contribution in [-0.4, -0.2) is 19.0 Å². The van der Waals surface area contributed by atoms with E-state index in [0.717, 1.165) is 12.1 Å². The predicted octanol–water partition coefficient (Wildman–Crippen LogP) is 2.33. The number of carbonyl (C=O) groups is 1. The number of nitrogens with two attached hydrogens (primary N) is 1. The van der Waals surface area contributed by atoms with Crippen molar-refractivity contribution in [3.8, 4) is 0 Å². The normalized spacial score (nSPS) is 32.6. The maximum Gasteiger partial charge on any atom is 0.231 e. The van der Waals surface area contributed by atoms with E-state index in [2.05, 4.69) is 6.92 Å². The second-order valence-corrected chi connectivity index (χ2v) is 6.17. The third-order valence-corrected chi connectivity index (χ3v) is 5.02. The molecule has 0 radical (unpaired) electrons. The van der Waals surface area contributed by atoms with Gasteiger partial charge in [0.05, 0.1) is 5.92 Å². The number of carbonyl (C=O) groups excluding carboxylic acids is 1. The quantitative estimate of drug-likeness (QED) is 0.885. The van der Waals surface area contributed by atoms with Gasteiger partial charge < -0.3 is 10.6 Å². The Morgan fingerprint density at radius 3 is 2.42 bits per heavy atom. The predicted molar refractivity (Wildman–Crippen MR) is 76.9 cm³/mol. The molecule has 0 saturated heterocycles. The van der Waals surface area contributed by atoms with Crippen molar-refractivity contribution in [2.24, 2.45) is 23.5 Å². The lowest BCUT2D eigenvalue weighted by Crippen LogP contribution is -2.46. The number of benzene rings is 1. The first-order chi connectivity index (χ1) is 9.08. The molecule has 0 spiro atoms. The Bertz CT molecular complexity index is 480. The molecule has 3 heteroatoms. The zero-order valence-corrected chi connectivity index (χ0v) is 11.7. The lowest BCUT2D eigenvalue weighted by atomic mass is 9.84. The number of anilines is 1. The highest BCUT2D eigenvalue weighted by Gasteiger charge is 2.49. The molecule has 2 aliphatic rings. The SMILES string of the molecule is Cc1ccc(N(C)C(=O)C2C3CCC(C3)C2N)cc1. The Hall–Kier alpha value is -1.35. The first kappa shape index (κ1) is 12.7. The molecule has 2 bridgehead atoms. The van der Waals surface area contributed by atoms with E-state index in [0.29, 0.717) is 11.8 Å². The maximum atomic E-state index is 12.7. The lowest BCUT2D eigenvalue weighted by Gasteiger charge is -2.30. The molecule has 0 aliphatic heterocycles. The van der Waals surface area contributed by atoms with Crippen LogP contribution in [0.5, 0.6) is 0 Å². The molecule has 102 valence electrons. The van der Waals surface area contributed by atoms with Gasteiger partial charge in [-0.25, -0.2) is 0 Å². The Balaban J connectivity index is 1.78. The molecule has 3 nitrogen and oxygen atoms in total. The number of nitrogens with zero attached hydrogens (tertiary/aromatic N) is 1. The summed E-state index contributed by atoms with van der Waals surface area (Å²) < 4.78 is 0. The Morgan fingerprint density at radius 2 is 1.84 bits per heavy atom. The summed E-state index contributed by atoms with van der Waals surface area (Å²) in [6.45, 7) is 2.05. The van der Waals surface area contributed by atoms with Gasteiger partial charge >= 0.3 is 0 Å². The Labute approximate surface area is 114 Å². The van der Waals surface area contributed by atoms with E-state index >= 15 is 0 Å². The molecule has 1 amide bonds. The number of aryl methyl sites for hydroxylation is 1. The monoisotopic (exact) mass is 258 g/mol. The highest BCUT2D eigenvalue weighted by atomic mass is 16.2. The summed E-state index contributed by atoms with van der Waals surface area (Å²) in [4.78, 5) is 14.5. The highest BCUT2D eigenvalue weighted by molar-refractivity contribution is 5.95. The lowest BCUT2D eigenvalue weighted by molar-refractivity contribution is -0.124. The summed E-state index contributed by atoms with van der Waals surface area (Å²) >= 11 is 0. The Morgan fingerprint density at radius 1 is 1.21 bits per heavy atom. The molecule has 2 aliphatic carbocycles. The molecular formula is C16H22N2O. The van der Waals surface area contributed by atoms with Crippen molar-refractivity contribution < 1.29 is 4.79 Å². The van der Waals surface area contributed by atoms with Gasteiger partial charge in [0.25, 0.3) is 0 Å². The summed E-state index contributed by atoms with van der Waals surface area (Å²) in [6, 6.07) is 8.16. The van der Waals surface area contributed by atoms with Gasteiger partial charge in [0.2, 0.25) is 5.91 Å². The topological polar surface area (TPSA) is 46.3 Å². The minimum absolute atomic E-state index is 0.0325. The molecule has 3 rings (SSSR count). The summed E-state index contributed by atoms with van der Waals surface area (Å²) in [6.07, 6.45) is 3.54. The molecule has 2 saturated carbocycles. The Kier molecular flexibility index (Phi) is 3.09. The van der Waals surface area contributed by atoms with Crippen molar-refractivity contribution in [1.82, 2.24) is 0 Å². The first-order valence-electron chi connectivity index (χ1n) is 7.17. The maximum absolute atomic E-state index is 12.7. The van der Waals surface area contributed by atoms with Crippen LogP contribution < -0.4 is 10.6 Å². The van der Waals surface area contributed by atoms with Crippen LogP contribution >= 0.6 is 0 Å². The number of amides is 1. The van der Waals surface area contributed by atoms with Crippen molar-refractivity contribution in [2.45, 2.75) is 32.2 Å². The average molecular weight is 258 g/mol. The fraction of sp³-hybridized carbons (Fsp3) is 0.562. The molecule has 0 heterocycles. The van der Waals surface area contributed by atoms with Crippen molar-refractivity contribution >= 4 is 11.6 Å². The van der Waals surface area contributed by atoms with E-state index in [-0.39, 0.29) is 17.9 Å². The number of fused-ring (bicyclic) bond motifs is 2. The van der Waals surface area contributed by atoms with Crippen molar-refractivity contribution in [3.63, 3.8) is 0 Å². The second-order valence-electron chi connectivity index (χ2n) is 6.17. The highest BCUT2D eigenvalue weighted by Crippen LogP contribution is 2.48. The van der Waals surface area contributed by atoms with Gasteiger partial charge in [-0.1, -0.05) is 17.7 Å². The molecule has 0 aromatic heterocycles. The zero-order chi connectivity index (χ0) is 13.6. The minimum Gasteiger partial charge on any atom is -0.327 e. The van der Waals surface area contributed by atoms with E-state index < -0.39 is 0 Å². The number of rotatable bonds is 2. The smallest absolute Gasteiger partial charge is 0.231 e. The van der Waals surface area contributed by atoms with Crippen LogP contribution in [0.4, 0.5) is 5.69 Å². The van der Waals surface area contributed by atoms with E-state index in [1.807, 2.05) is 31.3 Å². The summed E-state index contributed by atoms with van der Waals surface area (Å²) in [7, 11) is 1.87.